The molecule has 3 unspecified atom stereocenters. The van der Waals surface area contributed by atoms with Gasteiger partial charge in [-0.25, -0.2) is 0 Å². The molecule has 0 aromatic rings. The zero-order valence-electron chi connectivity index (χ0n) is 8.21. The number of aliphatic hydroxyl groups is 1. The number of thioether (sulfide) groups is 1. The third-order valence-electron chi connectivity index (χ3n) is 1.71. The second-order valence-electron chi connectivity index (χ2n) is 3.28. The molecule has 0 rings (SSSR count). The molecule has 3 atom stereocenters. The molecule has 0 aromatic carbocycles. The largest absolute Gasteiger partial charge is 0.402 e. The van der Waals surface area contributed by atoms with Crippen LogP contribution in [0.5, 0.6) is 0 Å². The van der Waals surface area contributed by atoms with Gasteiger partial charge in [-0.1, -0.05) is 6.92 Å². The molecule has 0 radical (unpaired) electrons. The molecule has 0 aliphatic heterocycles. The Labute approximate surface area is 86.0 Å². The van der Waals surface area contributed by atoms with Gasteiger partial charge < -0.3 is 10.8 Å². The summed E-state index contributed by atoms with van der Waals surface area (Å²) in [5.41, 5.74) is 5.26. The quantitative estimate of drug-likeness (QED) is 0.758. The predicted molar refractivity (Wildman–Crippen MR) is 52.2 cm³/mol. The zero-order chi connectivity index (χ0) is 11.4. The van der Waals surface area contributed by atoms with E-state index >= 15 is 0 Å². The van der Waals surface area contributed by atoms with Gasteiger partial charge in [0.15, 0.2) is 0 Å². The van der Waals surface area contributed by atoms with Crippen LogP contribution in [0.15, 0.2) is 0 Å². The minimum atomic E-state index is -4.28. The fourth-order valence-corrected chi connectivity index (χ4v) is 2.14. The van der Waals surface area contributed by atoms with Gasteiger partial charge in [0.25, 0.3) is 0 Å². The molecular formula is C8H16F3NOS. The first-order valence-electron chi connectivity index (χ1n) is 4.37. The van der Waals surface area contributed by atoms with Crippen molar-refractivity contribution in [3.63, 3.8) is 0 Å². The molecule has 0 saturated heterocycles. The van der Waals surface area contributed by atoms with Crippen LogP contribution >= 0.6 is 11.8 Å². The van der Waals surface area contributed by atoms with Gasteiger partial charge in [0, 0.05) is 17.9 Å². The lowest BCUT2D eigenvalue weighted by Crippen LogP contribution is -2.41. The molecular weight excluding hydrogens is 215 g/mol. The van der Waals surface area contributed by atoms with Gasteiger partial charge in [-0.05, 0) is 13.3 Å². The second kappa shape index (κ2) is 5.82. The molecule has 0 spiro atoms. The maximum atomic E-state index is 12.4. The first-order chi connectivity index (χ1) is 6.29. The first-order valence-corrected chi connectivity index (χ1v) is 5.32. The zero-order valence-corrected chi connectivity index (χ0v) is 9.03. The number of alkyl halides is 3. The number of nitrogens with two attached hydrogens (primary N) is 1. The van der Waals surface area contributed by atoms with Crippen LogP contribution in [0.4, 0.5) is 13.2 Å². The van der Waals surface area contributed by atoms with Crippen LogP contribution < -0.4 is 5.73 Å². The first kappa shape index (κ1) is 14.1. The minimum Gasteiger partial charge on any atom is -0.396 e. The maximum absolute atomic E-state index is 12.4. The Bertz CT molecular complexity index is 163. The van der Waals surface area contributed by atoms with Crippen molar-refractivity contribution in [3.05, 3.63) is 0 Å². The summed E-state index contributed by atoms with van der Waals surface area (Å²) in [6, 6.07) is -0.929. The van der Waals surface area contributed by atoms with Crippen molar-refractivity contribution in [1.29, 1.82) is 0 Å². The molecule has 0 amide bonds. The van der Waals surface area contributed by atoms with Crippen molar-refractivity contribution in [2.24, 2.45) is 5.73 Å². The summed E-state index contributed by atoms with van der Waals surface area (Å²) >= 11 is 0.774. The van der Waals surface area contributed by atoms with Crippen molar-refractivity contribution < 1.29 is 18.3 Å². The molecule has 2 nitrogen and oxygen atoms in total. The lowest BCUT2D eigenvalue weighted by molar-refractivity contribution is -0.131. The van der Waals surface area contributed by atoms with E-state index < -0.39 is 17.5 Å². The lowest BCUT2D eigenvalue weighted by Gasteiger charge is -2.25. The van der Waals surface area contributed by atoms with E-state index in [1.807, 2.05) is 0 Å². The second-order valence-corrected chi connectivity index (χ2v) is 4.87. The maximum Gasteiger partial charge on any atom is 0.402 e. The highest BCUT2D eigenvalue weighted by Crippen LogP contribution is 2.35. The normalized spacial score (nSPS) is 19.1. The molecule has 0 aromatic heterocycles. The van der Waals surface area contributed by atoms with Crippen molar-refractivity contribution in [1.82, 2.24) is 0 Å². The van der Waals surface area contributed by atoms with Gasteiger partial charge in [-0.3, -0.25) is 0 Å². The summed E-state index contributed by atoms with van der Waals surface area (Å²) in [4.78, 5) is 0. The van der Waals surface area contributed by atoms with E-state index in [9.17, 15) is 13.2 Å². The summed E-state index contributed by atoms with van der Waals surface area (Å²) < 4.78 is 37.2. The van der Waals surface area contributed by atoms with Crippen LogP contribution in [0, 0.1) is 0 Å². The average molecular weight is 231 g/mol. The SMILES string of the molecule is CC(CCO)SC(C(C)N)C(F)(F)F. The van der Waals surface area contributed by atoms with E-state index in [2.05, 4.69) is 0 Å². The van der Waals surface area contributed by atoms with E-state index in [4.69, 9.17) is 10.8 Å². The van der Waals surface area contributed by atoms with Crippen molar-refractivity contribution in [2.45, 2.75) is 43.0 Å². The fourth-order valence-electron chi connectivity index (χ4n) is 0.999. The minimum absolute atomic E-state index is 0.0995. The van der Waals surface area contributed by atoms with Crippen molar-refractivity contribution >= 4 is 11.8 Å². The molecule has 0 bridgehead atoms. The highest BCUT2D eigenvalue weighted by Gasteiger charge is 2.43. The Balaban J connectivity index is 4.24. The highest BCUT2D eigenvalue weighted by atomic mass is 32.2. The molecule has 0 aliphatic carbocycles. The van der Waals surface area contributed by atoms with Gasteiger partial charge in [0.1, 0.15) is 5.25 Å². The summed E-state index contributed by atoms with van der Waals surface area (Å²) in [7, 11) is 0. The molecule has 0 aliphatic rings. The fraction of sp³-hybridized carbons (Fsp3) is 1.00. The summed E-state index contributed by atoms with van der Waals surface area (Å²) in [6.45, 7) is 2.90. The summed E-state index contributed by atoms with van der Waals surface area (Å²) in [6.07, 6.45) is -3.92. The lowest BCUT2D eigenvalue weighted by atomic mass is 10.2. The van der Waals surface area contributed by atoms with Crippen LogP contribution in [0.25, 0.3) is 0 Å². The molecule has 0 saturated carbocycles. The van der Waals surface area contributed by atoms with Gasteiger partial charge in [-0.15, -0.1) is 11.8 Å². The Kier molecular flexibility index (Phi) is 5.85. The number of hydrogen-bond acceptors (Lipinski definition) is 3. The Morgan fingerprint density at radius 1 is 1.36 bits per heavy atom. The third kappa shape index (κ3) is 5.07. The molecule has 3 N–H and O–H groups in total. The number of halogens is 3. The Morgan fingerprint density at radius 2 is 1.86 bits per heavy atom. The number of hydrogen-bond donors (Lipinski definition) is 2. The highest BCUT2D eigenvalue weighted by molar-refractivity contribution is 8.00. The van der Waals surface area contributed by atoms with E-state index in [-0.39, 0.29) is 11.9 Å². The number of aliphatic hydroxyl groups excluding tert-OH is 1. The third-order valence-corrected chi connectivity index (χ3v) is 3.40. The Hall–Kier alpha value is 0.0600. The van der Waals surface area contributed by atoms with E-state index in [0.29, 0.717) is 6.42 Å². The predicted octanol–water partition coefficient (Wildman–Crippen LogP) is 1.77. The molecule has 0 fully saturated rings. The van der Waals surface area contributed by atoms with Crippen LogP contribution in [-0.4, -0.2) is 34.4 Å². The van der Waals surface area contributed by atoms with Crippen LogP contribution in [0.3, 0.4) is 0 Å². The van der Waals surface area contributed by atoms with E-state index in [1.165, 1.54) is 6.92 Å². The van der Waals surface area contributed by atoms with Crippen LogP contribution in [0.2, 0.25) is 0 Å². The summed E-state index contributed by atoms with van der Waals surface area (Å²) in [5, 5.41) is 6.78. The standard InChI is InChI=1S/C8H16F3NOS/c1-5(3-4-13)14-7(6(2)12)8(9,10)11/h5-7,13H,3-4,12H2,1-2H3. The number of rotatable bonds is 5. The smallest absolute Gasteiger partial charge is 0.396 e. The van der Waals surface area contributed by atoms with Gasteiger partial charge in [0.05, 0.1) is 0 Å². The van der Waals surface area contributed by atoms with Crippen molar-refractivity contribution in [2.75, 3.05) is 6.61 Å². The van der Waals surface area contributed by atoms with Gasteiger partial charge >= 0.3 is 6.18 Å². The summed E-state index contributed by atoms with van der Waals surface area (Å²) in [5.74, 6) is 0. The topological polar surface area (TPSA) is 46.2 Å². The monoisotopic (exact) mass is 231 g/mol. The van der Waals surface area contributed by atoms with Gasteiger partial charge in [0.2, 0.25) is 0 Å². The average Bonchev–Trinajstić information content (AvgIpc) is 1.98. The Morgan fingerprint density at radius 3 is 2.14 bits per heavy atom. The molecule has 6 heteroatoms. The molecule has 86 valence electrons. The van der Waals surface area contributed by atoms with Crippen LogP contribution in [-0.2, 0) is 0 Å². The van der Waals surface area contributed by atoms with Crippen molar-refractivity contribution in [3.8, 4) is 0 Å². The van der Waals surface area contributed by atoms with E-state index in [1.54, 1.807) is 6.92 Å². The van der Waals surface area contributed by atoms with Gasteiger partial charge in [-0.2, -0.15) is 13.2 Å². The molecule has 14 heavy (non-hydrogen) atoms. The van der Waals surface area contributed by atoms with E-state index in [0.717, 1.165) is 11.8 Å². The molecule has 0 heterocycles. The van der Waals surface area contributed by atoms with Crippen LogP contribution in [0.1, 0.15) is 20.3 Å².